The summed E-state index contributed by atoms with van der Waals surface area (Å²) in [5.41, 5.74) is 0.836. The molecule has 1 unspecified atom stereocenters. The maximum Gasteiger partial charge on any atom is 0.187 e. The van der Waals surface area contributed by atoms with Crippen LogP contribution in [0.15, 0.2) is 60.7 Å². The highest BCUT2D eigenvalue weighted by Crippen LogP contribution is 2.24. The van der Waals surface area contributed by atoms with Crippen LogP contribution in [0.4, 0.5) is 0 Å². The molecule has 1 aliphatic heterocycles. The first-order valence-corrected chi connectivity index (χ1v) is 14.7. The third kappa shape index (κ3) is 12.2. The molecule has 1 aromatic rings. The molecule has 0 spiro atoms. The number of hydrogen-bond donors (Lipinski definition) is 5. The maximum atomic E-state index is 13.1. The van der Waals surface area contributed by atoms with Crippen LogP contribution in [0, 0.1) is 6.92 Å². The summed E-state index contributed by atoms with van der Waals surface area (Å²) in [6.07, 6.45) is 9.20. The second-order valence-corrected chi connectivity index (χ2v) is 10.4. The Bertz CT molecular complexity index is 958. The lowest BCUT2D eigenvalue weighted by molar-refractivity contribution is -0.313. The number of allylic oxidation sites excluding steroid dienone is 5. The van der Waals surface area contributed by atoms with E-state index in [-0.39, 0.29) is 6.61 Å². The van der Waals surface area contributed by atoms with Crippen LogP contribution in [-0.2, 0) is 14.3 Å². The average molecular weight is 577 g/mol. The lowest BCUT2D eigenvalue weighted by Crippen LogP contribution is -2.60. The van der Waals surface area contributed by atoms with Gasteiger partial charge in [-0.25, -0.2) is 0 Å². The first kappa shape index (κ1) is 34.8. The van der Waals surface area contributed by atoms with Crippen LogP contribution in [-0.4, -0.2) is 87.4 Å². The van der Waals surface area contributed by atoms with E-state index in [2.05, 4.69) is 13.0 Å². The lowest BCUT2D eigenvalue weighted by Gasteiger charge is -2.41. The molecule has 0 saturated carbocycles. The molecular formula is C32H48O9. The molecule has 0 aromatic heterocycles. The van der Waals surface area contributed by atoms with Gasteiger partial charge < -0.3 is 39.7 Å². The number of ketones is 1. The number of hydrogen-bond acceptors (Lipinski definition) is 9. The van der Waals surface area contributed by atoms with Crippen LogP contribution >= 0.6 is 0 Å². The zero-order valence-electron chi connectivity index (χ0n) is 24.3. The zero-order valence-corrected chi connectivity index (χ0v) is 24.3. The zero-order chi connectivity index (χ0) is 30.0. The number of ether oxygens (including phenoxy) is 3. The van der Waals surface area contributed by atoms with Gasteiger partial charge in [-0.2, -0.15) is 0 Å². The van der Waals surface area contributed by atoms with E-state index in [9.17, 15) is 30.3 Å². The van der Waals surface area contributed by atoms with Crippen LogP contribution in [0.5, 0.6) is 5.75 Å². The Morgan fingerprint density at radius 2 is 1.63 bits per heavy atom. The number of carbonyl (C=O) groups excluding carboxylic acids is 1. The Morgan fingerprint density at radius 1 is 0.951 bits per heavy atom. The number of unbranched alkanes of at least 4 members (excludes halogenated alkanes) is 7. The van der Waals surface area contributed by atoms with E-state index >= 15 is 0 Å². The topological polar surface area (TPSA) is 146 Å². The van der Waals surface area contributed by atoms with Gasteiger partial charge in [0.25, 0.3) is 0 Å². The number of carbonyl (C=O) groups is 1. The first-order valence-electron chi connectivity index (χ1n) is 14.7. The Kier molecular flexibility index (Phi) is 16.7. The van der Waals surface area contributed by atoms with Crippen LogP contribution in [0.25, 0.3) is 0 Å². The van der Waals surface area contributed by atoms with Gasteiger partial charge in [0.2, 0.25) is 0 Å². The standard InChI is InChI=1S/C32H48O9/c1-3-4-5-6-7-8-9-10-11-12-13-14-15-19-24(34)31(25(35)22-39-26-20-17-16-18-23(26)2)41-32-30(38)29(37)28(36)27(21-33)40-32/h11-20,25,27-33,35-38H,3-10,21-22H2,1-2H3/b12-11?,14-13?,19-15-/t25-,27+,28-,29-,30+,31?,32-/m0/s1. The summed E-state index contributed by atoms with van der Waals surface area (Å²) in [4.78, 5) is 13.1. The molecule has 1 fully saturated rings. The molecular weight excluding hydrogens is 528 g/mol. The van der Waals surface area contributed by atoms with Crippen molar-refractivity contribution in [3.05, 3.63) is 66.3 Å². The fourth-order valence-electron chi connectivity index (χ4n) is 4.42. The fourth-order valence-corrected chi connectivity index (χ4v) is 4.42. The van der Waals surface area contributed by atoms with Gasteiger partial charge in [-0.15, -0.1) is 0 Å². The molecule has 0 aliphatic carbocycles. The third-order valence-corrected chi connectivity index (χ3v) is 6.97. The molecule has 0 radical (unpaired) electrons. The predicted octanol–water partition coefficient (Wildman–Crippen LogP) is 3.30. The number of aliphatic hydroxyl groups excluding tert-OH is 5. The number of rotatable bonds is 19. The van der Waals surface area contributed by atoms with E-state index in [0.717, 1.165) is 18.4 Å². The Hall–Kier alpha value is -2.37. The number of para-hydroxylation sites is 1. The van der Waals surface area contributed by atoms with Crippen LogP contribution in [0.2, 0.25) is 0 Å². The molecule has 9 heteroatoms. The minimum Gasteiger partial charge on any atom is -0.490 e. The van der Waals surface area contributed by atoms with Gasteiger partial charge >= 0.3 is 0 Å². The highest BCUT2D eigenvalue weighted by Gasteiger charge is 2.46. The predicted molar refractivity (Wildman–Crippen MR) is 156 cm³/mol. The molecule has 9 nitrogen and oxygen atoms in total. The van der Waals surface area contributed by atoms with Crippen molar-refractivity contribution in [3.63, 3.8) is 0 Å². The Morgan fingerprint density at radius 3 is 2.34 bits per heavy atom. The van der Waals surface area contributed by atoms with E-state index in [4.69, 9.17) is 14.2 Å². The largest absolute Gasteiger partial charge is 0.490 e. The molecule has 7 atom stereocenters. The molecule has 230 valence electrons. The summed E-state index contributed by atoms with van der Waals surface area (Å²) < 4.78 is 16.7. The molecule has 5 N–H and O–H groups in total. The second kappa shape index (κ2) is 19.7. The summed E-state index contributed by atoms with van der Waals surface area (Å²) in [5, 5.41) is 50.8. The normalized spacial score (nSPS) is 24.8. The molecule has 1 saturated heterocycles. The average Bonchev–Trinajstić information content (AvgIpc) is 2.97. The molecule has 0 bridgehead atoms. The smallest absolute Gasteiger partial charge is 0.187 e. The van der Waals surface area contributed by atoms with E-state index in [1.165, 1.54) is 50.7 Å². The fraction of sp³-hybridized carbons (Fsp3) is 0.594. The van der Waals surface area contributed by atoms with Crippen molar-refractivity contribution in [3.8, 4) is 5.75 Å². The molecule has 1 heterocycles. The van der Waals surface area contributed by atoms with Crippen LogP contribution in [0.1, 0.15) is 63.9 Å². The van der Waals surface area contributed by atoms with Gasteiger partial charge in [0.15, 0.2) is 18.2 Å². The van der Waals surface area contributed by atoms with Crippen LogP contribution < -0.4 is 4.74 Å². The Balaban J connectivity index is 1.97. The third-order valence-electron chi connectivity index (χ3n) is 6.97. The summed E-state index contributed by atoms with van der Waals surface area (Å²) in [6, 6.07) is 7.19. The summed E-state index contributed by atoms with van der Waals surface area (Å²) in [5.74, 6) is -0.105. The highest BCUT2D eigenvalue weighted by molar-refractivity contribution is 5.94. The van der Waals surface area contributed by atoms with Crippen LogP contribution in [0.3, 0.4) is 0 Å². The molecule has 2 rings (SSSR count). The van der Waals surface area contributed by atoms with Crippen molar-refractivity contribution in [1.29, 1.82) is 0 Å². The molecule has 0 amide bonds. The van der Waals surface area contributed by atoms with E-state index in [1.54, 1.807) is 24.3 Å². The van der Waals surface area contributed by atoms with Crippen molar-refractivity contribution in [2.45, 2.75) is 108 Å². The van der Waals surface area contributed by atoms with Crippen molar-refractivity contribution >= 4 is 5.78 Å². The molecule has 1 aliphatic rings. The van der Waals surface area contributed by atoms with Gasteiger partial charge in [0.1, 0.15) is 42.9 Å². The molecule has 1 aromatic carbocycles. The summed E-state index contributed by atoms with van der Waals surface area (Å²) >= 11 is 0. The van der Waals surface area contributed by atoms with Crippen molar-refractivity contribution < 1.29 is 44.5 Å². The summed E-state index contributed by atoms with van der Waals surface area (Å²) in [7, 11) is 0. The second-order valence-electron chi connectivity index (χ2n) is 10.4. The molecule has 41 heavy (non-hydrogen) atoms. The van der Waals surface area contributed by atoms with E-state index in [0.29, 0.717) is 5.75 Å². The number of aliphatic hydroxyl groups is 5. The summed E-state index contributed by atoms with van der Waals surface area (Å²) in [6.45, 7) is 3.10. The minimum absolute atomic E-state index is 0.302. The number of benzene rings is 1. The van der Waals surface area contributed by atoms with E-state index < -0.39 is 55.3 Å². The van der Waals surface area contributed by atoms with Gasteiger partial charge in [-0.05, 0) is 37.5 Å². The van der Waals surface area contributed by atoms with E-state index in [1.807, 2.05) is 25.1 Å². The van der Waals surface area contributed by atoms with Gasteiger partial charge in [0, 0.05) is 0 Å². The van der Waals surface area contributed by atoms with Gasteiger partial charge in [0.05, 0.1) is 6.61 Å². The highest BCUT2D eigenvalue weighted by atomic mass is 16.7. The van der Waals surface area contributed by atoms with Gasteiger partial charge in [-0.1, -0.05) is 94.0 Å². The first-order chi connectivity index (χ1) is 19.8. The minimum atomic E-state index is -1.72. The SMILES string of the molecule is CCCCCCCCCC=CC=C/C=C\C(=O)C(O[C@@H]1O[C@H](CO)[C@H](O)[C@H](O)[C@H]1O)[C@@H](O)COc1ccccc1C. The number of aryl methyl sites for hydroxylation is 1. The monoisotopic (exact) mass is 576 g/mol. The van der Waals surface area contributed by atoms with Crippen molar-refractivity contribution in [1.82, 2.24) is 0 Å². The van der Waals surface area contributed by atoms with Gasteiger partial charge in [-0.3, -0.25) is 4.79 Å². The maximum absolute atomic E-state index is 13.1. The lowest BCUT2D eigenvalue weighted by atomic mass is 9.99. The Labute approximate surface area is 243 Å². The van der Waals surface area contributed by atoms with Crippen molar-refractivity contribution in [2.75, 3.05) is 13.2 Å². The quantitative estimate of drug-likeness (QED) is 0.0951. The van der Waals surface area contributed by atoms with Crippen molar-refractivity contribution in [2.24, 2.45) is 0 Å².